The fraction of sp³-hybridized carbons (Fsp3) is 0.912. The first-order chi connectivity index (χ1) is 36.5. The van der Waals surface area contributed by atoms with E-state index in [9.17, 15) is 19.8 Å². The Bertz CT molecular complexity index is 1150. The second-order valence-corrected chi connectivity index (χ2v) is 23.2. The molecule has 6 heteroatoms. The van der Waals surface area contributed by atoms with Gasteiger partial charge in [0.1, 0.15) is 0 Å². The molecule has 74 heavy (non-hydrogen) atoms. The Morgan fingerprint density at radius 1 is 0.365 bits per heavy atom. The number of rotatable bonds is 63. The molecule has 0 aromatic rings. The van der Waals surface area contributed by atoms with Crippen LogP contribution >= 0.6 is 0 Å². The van der Waals surface area contributed by atoms with Crippen LogP contribution < -0.4 is 5.32 Å². The summed E-state index contributed by atoms with van der Waals surface area (Å²) in [7, 11) is 0. The zero-order valence-corrected chi connectivity index (χ0v) is 50.1. The largest absolute Gasteiger partial charge is 0.466 e. The van der Waals surface area contributed by atoms with Gasteiger partial charge < -0.3 is 20.3 Å². The lowest BCUT2D eigenvalue weighted by atomic mass is 10.0. The van der Waals surface area contributed by atoms with Gasteiger partial charge in [-0.05, 0) is 51.4 Å². The summed E-state index contributed by atoms with van der Waals surface area (Å²) in [5.74, 6) is -0.0560. The van der Waals surface area contributed by atoms with E-state index >= 15 is 0 Å². The van der Waals surface area contributed by atoms with Crippen molar-refractivity contribution in [3.8, 4) is 0 Å². The number of nitrogens with one attached hydrogen (secondary N) is 1. The van der Waals surface area contributed by atoms with Gasteiger partial charge in [-0.25, -0.2) is 0 Å². The molecule has 0 aliphatic heterocycles. The second kappa shape index (κ2) is 63.9. The highest BCUT2D eigenvalue weighted by atomic mass is 16.5. The molecular formula is C68H131NO5. The number of hydrogen-bond acceptors (Lipinski definition) is 5. The standard InChI is InChI=1S/C68H131NO5/c1-3-5-7-9-11-13-15-16-17-18-19-28-31-34-37-41-44-48-52-56-60-66(71)65(64-70)69-67(72)61-57-53-49-45-42-38-35-32-29-26-24-22-20-21-23-25-27-30-33-36-39-43-47-51-55-59-63-74-68(73)62-58-54-50-46-40-14-12-10-8-6-4-2/h10,12,56,60,65-66,70-71H,3-9,11,13-55,57-59,61-64H2,1-2H3,(H,69,72)/b12-10-,60-56+. The van der Waals surface area contributed by atoms with Gasteiger partial charge in [-0.2, -0.15) is 0 Å². The number of unbranched alkanes of at least 4 members (excludes halogenated alkanes) is 50. The molecule has 1 amide bonds. The molecule has 3 N–H and O–H groups in total. The molecule has 0 aromatic carbocycles. The number of aliphatic hydroxyl groups is 2. The maximum absolute atomic E-state index is 12.5. The smallest absolute Gasteiger partial charge is 0.305 e. The molecule has 0 heterocycles. The van der Waals surface area contributed by atoms with Crippen LogP contribution in [0.3, 0.4) is 0 Å². The monoisotopic (exact) mass is 1040 g/mol. The van der Waals surface area contributed by atoms with Crippen LogP contribution in [-0.2, 0) is 14.3 Å². The third-order valence-electron chi connectivity index (χ3n) is 15.7. The fourth-order valence-corrected chi connectivity index (χ4v) is 10.6. The average Bonchev–Trinajstić information content (AvgIpc) is 3.40. The van der Waals surface area contributed by atoms with E-state index in [0.29, 0.717) is 19.4 Å². The molecule has 0 radical (unpaired) electrons. The van der Waals surface area contributed by atoms with Crippen molar-refractivity contribution in [2.45, 2.75) is 386 Å². The molecule has 6 nitrogen and oxygen atoms in total. The van der Waals surface area contributed by atoms with Gasteiger partial charge in [0.2, 0.25) is 5.91 Å². The van der Waals surface area contributed by atoms with Crippen LogP contribution in [0.2, 0.25) is 0 Å². The quantitative estimate of drug-likeness (QED) is 0.0320. The zero-order valence-electron chi connectivity index (χ0n) is 50.1. The molecule has 0 saturated carbocycles. The first-order valence-corrected chi connectivity index (χ1v) is 33.6. The molecule has 2 unspecified atom stereocenters. The van der Waals surface area contributed by atoms with E-state index in [0.717, 1.165) is 44.9 Å². The maximum Gasteiger partial charge on any atom is 0.305 e. The third-order valence-corrected chi connectivity index (χ3v) is 15.7. The fourth-order valence-electron chi connectivity index (χ4n) is 10.6. The van der Waals surface area contributed by atoms with Crippen LogP contribution in [0.15, 0.2) is 24.3 Å². The summed E-state index contributed by atoms with van der Waals surface area (Å²) in [5, 5.41) is 23.2. The van der Waals surface area contributed by atoms with E-state index in [1.165, 1.54) is 302 Å². The van der Waals surface area contributed by atoms with Gasteiger partial charge in [0.05, 0.1) is 25.4 Å². The Morgan fingerprint density at radius 3 is 1.00 bits per heavy atom. The molecule has 0 rings (SSSR count). The highest BCUT2D eigenvalue weighted by Crippen LogP contribution is 2.19. The van der Waals surface area contributed by atoms with Crippen molar-refractivity contribution in [3.05, 3.63) is 24.3 Å². The van der Waals surface area contributed by atoms with Crippen LogP contribution in [-0.4, -0.2) is 47.4 Å². The molecule has 0 aliphatic carbocycles. The van der Waals surface area contributed by atoms with E-state index in [1.54, 1.807) is 6.08 Å². The summed E-state index contributed by atoms with van der Waals surface area (Å²) in [6.07, 6.45) is 79.6. The third kappa shape index (κ3) is 59.6. The molecule has 0 aliphatic rings. The topological polar surface area (TPSA) is 95.9 Å². The summed E-state index contributed by atoms with van der Waals surface area (Å²) >= 11 is 0. The Hall–Kier alpha value is -1.66. The lowest BCUT2D eigenvalue weighted by molar-refractivity contribution is -0.143. The number of ether oxygens (including phenoxy) is 1. The van der Waals surface area contributed by atoms with Crippen molar-refractivity contribution in [2.75, 3.05) is 13.2 Å². The Labute approximate surface area is 462 Å². The van der Waals surface area contributed by atoms with E-state index in [4.69, 9.17) is 4.74 Å². The number of allylic oxidation sites excluding steroid dienone is 3. The highest BCUT2D eigenvalue weighted by molar-refractivity contribution is 5.76. The van der Waals surface area contributed by atoms with Crippen molar-refractivity contribution in [2.24, 2.45) is 0 Å². The summed E-state index contributed by atoms with van der Waals surface area (Å²) in [4.78, 5) is 24.5. The number of amides is 1. The first-order valence-electron chi connectivity index (χ1n) is 33.6. The summed E-state index contributed by atoms with van der Waals surface area (Å²) < 4.78 is 5.46. The molecular weight excluding hydrogens is 911 g/mol. The van der Waals surface area contributed by atoms with Crippen LogP contribution in [0.1, 0.15) is 373 Å². The summed E-state index contributed by atoms with van der Waals surface area (Å²) in [5.41, 5.74) is 0. The lowest BCUT2D eigenvalue weighted by Crippen LogP contribution is -2.45. The number of aliphatic hydroxyl groups excluding tert-OH is 2. The SMILES string of the molecule is CCCC/C=C\CCCCCCCC(=O)OCCCCCCCCCCCCCCCCCCCCCCCCCCCCC(=O)NC(CO)C(O)/C=C/CCCCCCCCCCCCCCCCCCCC. The van der Waals surface area contributed by atoms with Crippen LogP contribution in [0.25, 0.3) is 0 Å². The van der Waals surface area contributed by atoms with Crippen LogP contribution in [0.4, 0.5) is 0 Å². The number of carbonyl (C=O) groups excluding carboxylic acids is 2. The Morgan fingerprint density at radius 2 is 0.649 bits per heavy atom. The summed E-state index contributed by atoms with van der Waals surface area (Å²) in [6, 6.07) is -0.626. The molecule has 0 bridgehead atoms. The highest BCUT2D eigenvalue weighted by Gasteiger charge is 2.18. The van der Waals surface area contributed by atoms with Gasteiger partial charge in [-0.15, -0.1) is 0 Å². The predicted molar refractivity (Wildman–Crippen MR) is 324 cm³/mol. The van der Waals surface area contributed by atoms with Gasteiger partial charge in [0, 0.05) is 12.8 Å². The Balaban J connectivity index is 3.39. The van der Waals surface area contributed by atoms with E-state index in [2.05, 4.69) is 31.3 Å². The van der Waals surface area contributed by atoms with Gasteiger partial charge in [0.25, 0.3) is 0 Å². The zero-order chi connectivity index (χ0) is 53.6. The first kappa shape index (κ1) is 72.3. The molecule has 0 saturated heterocycles. The van der Waals surface area contributed by atoms with Gasteiger partial charge in [0.15, 0.2) is 0 Å². The number of esters is 1. The van der Waals surface area contributed by atoms with Crippen molar-refractivity contribution in [1.82, 2.24) is 5.32 Å². The number of carbonyl (C=O) groups is 2. The molecule has 0 fully saturated rings. The van der Waals surface area contributed by atoms with Crippen molar-refractivity contribution < 1.29 is 24.5 Å². The number of hydrogen-bond donors (Lipinski definition) is 3. The van der Waals surface area contributed by atoms with Crippen LogP contribution in [0.5, 0.6) is 0 Å². The maximum atomic E-state index is 12.5. The molecule has 2 atom stereocenters. The minimum Gasteiger partial charge on any atom is -0.466 e. The lowest BCUT2D eigenvalue weighted by Gasteiger charge is -2.20. The normalized spacial score (nSPS) is 12.6. The van der Waals surface area contributed by atoms with Crippen molar-refractivity contribution in [1.29, 1.82) is 0 Å². The van der Waals surface area contributed by atoms with Gasteiger partial charge in [-0.3, -0.25) is 9.59 Å². The van der Waals surface area contributed by atoms with E-state index in [1.807, 2.05) is 6.08 Å². The van der Waals surface area contributed by atoms with Gasteiger partial charge >= 0.3 is 5.97 Å². The molecule has 438 valence electrons. The second-order valence-electron chi connectivity index (χ2n) is 23.2. The van der Waals surface area contributed by atoms with Gasteiger partial charge in [-0.1, -0.05) is 334 Å². The Kier molecular flexibility index (Phi) is 62.4. The van der Waals surface area contributed by atoms with Crippen molar-refractivity contribution >= 4 is 11.9 Å². The molecule has 0 aromatic heterocycles. The minimum absolute atomic E-state index is 0.00620. The average molecular weight is 1040 g/mol. The minimum atomic E-state index is -0.843. The molecule has 0 spiro atoms. The predicted octanol–water partition coefficient (Wildman–Crippen LogP) is 21.4. The van der Waals surface area contributed by atoms with Crippen molar-refractivity contribution in [3.63, 3.8) is 0 Å². The van der Waals surface area contributed by atoms with Crippen LogP contribution in [0, 0.1) is 0 Å². The van der Waals surface area contributed by atoms with E-state index in [-0.39, 0.29) is 18.5 Å². The summed E-state index contributed by atoms with van der Waals surface area (Å²) in [6.45, 7) is 4.90. The van der Waals surface area contributed by atoms with E-state index < -0.39 is 12.1 Å².